The van der Waals surface area contributed by atoms with Crippen LogP contribution in [0.1, 0.15) is 16.1 Å². The first-order valence-electron chi connectivity index (χ1n) is 10.4. The topological polar surface area (TPSA) is 174 Å². The molecule has 4 aromatic rings. The second-order valence-corrected chi connectivity index (χ2v) is 8.45. The Kier molecular flexibility index (Phi) is 6.92. The van der Waals surface area contributed by atoms with E-state index < -0.39 is 37.7 Å². The number of hydrogen-bond donors (Lipinski definition) is 0. The van der Waals surface area contributed by atoms with Crippen LogP contribution < -0.4 is 4.74 Å². The van der Waals surface area contributed by atoms with Crippen molar-refractivity contribution >= 4 is 34.8 Å². The Balaban J connectivity index is 1.83. The lowest BCUT2D eigenvalue weighted by molar-refractivity contribution is -0.394. The number of ether oxygens (including phenoxy) is 1. The summed E-state index contributed by atoms with van der Waals surface area (Å²) >= 11 is 0.940. The molecule has 0 atom stereocenters. The molecule has 0 bridgehead atoms. The Labute approximate surface area is 211 Å². The lowest BCUT2D eigenvalue weighted by Gasteiger charge is -2.10. The van der Waals surface area contributed by atoms with Gasteiger partial charge in [0.05, 0.1) is 42.0 Å². The molecule has 0 aliphatic heterocycles. The summed E-state index contributed by atoms with van der Waals surface area (Å²) in [6, 6.07) is 17.1. The molecule has 0 N–H and O–H groups in total. The maximum absolute atomic E-state index is 13.1. The van der Waals surface area contributed by atoms with E-state index in [1.165, 1.54) is 22.9 Å². The summed E-state index contributed by atoms with van der Waals surface area (Å²) < 4.78 is 6.89. The van der Waals surface area contributed by atoms with E-state index >= 15 is 0 Å². The van der Waals surface area contributed by atoms with Crippen LogP contribution in [0.4, 0.5) is 17.1 Å². The molecule has 0 amide bonds. The largest absolute Gasteiger partial charge is 0.402 e. The van der Waals surface area contributed by atoms with Crippen LogP contribution in [-0.4, -0.2) is 30.5 Å². The third-order valence-electron chi connectivity index (χ3n) is 5.04. The zero-order valence-corrected chi connectivity index (χ0v) is 19.7. The fraction of sp³-hybridized carbons (Fsp3) is 0.0435. The number of carbonyl (C=O) groups is 1. The van der Waals surface area contributed by atoms with Crippen LogP contribution in [0.3, 0.4) is 0 Å². The summed E-state index contributed by atoms with van der Waals surface area (Å²) in [6.45, 7) is 1.61. The van der Waals surface area contributed by atoms with Gasteiger partial charge in [0.1, 0.15) is 5.56 Å². The van der Waals surface area contributed by atoms with Crippen molar-refractivity contribution in [2.24, 2.45) is 0 Å². The Morgan fingerprint density at radius 1 is 0.865 bits per heavy atom. The van der Waals surface area contributed by atoms with Crippen molar-refractivity contribution in [3.8, 4) is 11.6 Å². The average molecular weight is 521 g/mol. The van der Waals surface area contributed by atoms with Crippen LogP contribution in [0, 0.1) is 37.3 Å². The summed E-state index contributed by atoms with van der Waals surface area (Å²) in [4.78, 5) is 45.5. The predicted molar refractivity (Wildman–Crippen MR) is 130 cm³/mol. The van der Waals surface area contributed by atoms with Crippen molar-refractivity contribution < 1.29 is 24.3 Å². The van der Waals surface area contributed by atoms with E-state index in [2.05, 4.69) is 5.10 Å². The fourth-order valence-electron chi connectivity index (χ4n) is 3.35. The van der Waals surface area contributed by atoms with Gasteiger partial charge in [-0.3, -0.25) is 30.3 Å². The minimum absolute atomic E-state index is 0.135. The van der Waals surface area contributed by atoms with Crippen molar-refractivity contribution in [1.82, 2.24) is 9.78 Å². The van der Waals surface area contributed by atoms with Gasteiger partial charge in [0.15, 0.2) is 0 Å². The number of hydrogen-bond acceptors (Lipinski definition) is 10. The minimum Gasteiger partial charge on any atom is -0.402 e. The molecule has 0 spiro atoms. The number of nitro groups is 3. The molecule has 0 radical (unpaired) electrons. The minimum atomic E-state index is -1.16. The highest BCUT2D eigenvalue weighted by molar-refractivity contribution is 7.99. The molecule has 0 fully saturated rings. The molecule has 1 aromatic heterocycles. The lowest BCUT2D eigenvalue weighted by atomic mass is 10.1. The molecule has 0 unspecified atom stereocenters. The van der Waals surface area contributed by atoms with Crippen LogP contribution >= 0.6 is 11.8 Å². The Hall–Kier alpha value is -5.11. The summed E-state index contributed by atoms with van der Waals surface area (Å²) in [6.07, 6.45) is 0. The van der Waals surface area contributed by atoms with Gasteiger partial charge in [-0.05, 0) is 31.2 Å². The third kappa shape index (κ3) is 5.13. The number of aryl methyl sites for hydroxylation is 1. The molecule has 0 aliphatic carbocycles. The molecule has 1 heterocycles. The maximum atomic E-state index is 13.1. The van der Waals surface area contributed by atoms with Crippen LogP contribution in [0.25, 0.3) is 5.69 Å². The third-order valence-corrected chi connectivity index (χ3v) is 6.28. The van der Waals surface area contributed by atoms with E-state index in [0.717, 1.165) is 23.9 Å². The summed E-state index contributed by atoms with van der Waals surface area (Å²) in [5.41, 5.74) is -1.22. The number of para-hydroxylation sites is 2. The first-order chi connectivity index (χ1) is 17.7. The number of benzene rings is 3. The number of carbonyl (C=O) groups excluding carboxylic acids is 1. The molecule has 13 nitrogen and oxygen atoms in total. The number of nitro benzene ring substituents is 3. The average Bonchev–Trinajstić information content (AvgIpc) is 3.18. The molecule has 4 rings (SSSR count). The summed E-state index contributed by atoms with van der Waals surface area (Å²) in [5.74, 6) is -1.30. The van der Waals surface area contributed by atoms with Gasteiger partial charge in [0.2, 0.25) is 5.88 Å². The van der Waals surface area contributed by atoms with Crippen LogP contribution in [0.5, 0.6) is 5.88 Å². The Morgan fingerprint density at radius 3 is 2.16 bits per heavy atom. The van der Waals surface area contributed by atoms with Crippen molar-refractivity contribution in [2.45, 2.75) is 16.7 Å². The van der Waals surface area contributed by atoms with Crippen molar-refractivity contribution in [3.63, 3.8) is 0 Å². The van der Waals surface area contributed by atoms with Crippen molar-refractivity contribution in [2.75, 3.05) is 0 Å². The maximum Gasteiger partial charge on any atom is 0.351 e. The Morgan fingerprint density at radius 2 is 1.51 bits per heavy atom. The first kappa shape index (κ1) is 25.0. The van der Waals surface area contributed by atoms with Crippen LogP contribution in [-0.2, 0) is 0 Å². The molecule has 186 valence electrons. The quantitative estimate of drug-likeness (QED) is 0.169. The molecule has 0 aliphatic rings. The summed E-state index contributed by atoms with van der Waals surface area (Å²) in [5, 5.41) is 38.5. The SMILES string of the molecule is Cc1nn(-c2ccccc2)c(OC(=O)c2ccc([N+](=O)[O-])cc2[N+](=O)[O-])c1Sc1ccccc1[N+](=O)[O-]. The zero-order chi connectivity index (χ0) is 26.7. The van der Waals surface area contributed by atoms with E-state index in [1.54, 1.807) is 43.3 Å². The predicted octanol–water partition coefficient (Wildman–Crippen LogP) is 5.28. The van der Waals surface area contributed by atoms with Gasteiger partial charge in [-0.15, -0.1) is 0 Å². The Bertz CT molecular complexity index is 1550. The second kappa shape index (κ2) is 10.2. The monoisotopic (exact) mass is 521 g/mol. The highest BCUT2D eigenvalue weighted by atomic mass is 32.2. The smallest absolute Gasteiger partial charge is 0.351 e. The van der Waals surface area contributed by atoms with Gasteiger partial charge in [-0.2, -0.15) is 9.78 Å². The molecule has 0 saturated heterocycles. The molecule has 14 heteroatoms. The molecule has 3 aromatic carbocycles. The van der Waals surface area contributed by atoms with Gasteiger partial charge >= 0.3 is 5.97 Å². The number of aromatic nitrogens is 2. The summed E-state index contributed by atoms with van der Waals surface area (Å²) in [7, 11) is 0. The van der Waals surface area contributed by atoms with Gasteiger partial charge in [-0.1, -0.05) is 42.1 Å². The van der Waals surface area contributed by atoms with Crippen LogP contribution in [0.2, 0.25) is 0 Å². The second-order valence-electron chi connectivity index (χ2n) is 7.40. The van der Waals surface area contributed by atoms with Gasteiger partial charge in [-0.25, -0.2) is 4.79 Å². The number of nitrogens with zero attached hydrogens (tertiary/aromatic N) is 5. The first-order valence-corrected chi connectivity index (χ1v) is 11.2. The van der Waals surface area contributed by atoms with E-state index in [0.29, 0.717) is 17.4 Å². The van der Waals surface area contributed by atoms with Crippen molar-refractivity contribution in [3.05, 3.63) is 114 Å². The van der Waals surface area contributed by atoms with E-state index in [9.17, 15) is 35.1 Å². The highest BCUT2D eigenvalue weighted by Crippen LogP contribution is 2.42. The molecular weight excluding hydrogens is 506 g/mol. The zero-order valence-electron chi connectivity index (χ0n) is 18.8. The van der Waals surface area contributed by atoms with E-state index in [-0.39, 0.29) is 21.4 Å². The van der Waals surface area contributed by atoms with Gasteiger partial charge in [0.25, 0.3) is 17.1 Å². The standard InChI is InChI=1S/C23H15N5O8S/c1-14-21(37-20-10-6-5-9-18(20)27(32)33)22(25(24-14)15-7-3-2-4-8-15)36-23(29)17-12-11-16(26(30)31)13-19(17)28(34)35/h2-13H,1H3. The molecule has 37 heavy (non-hydrogen) atoms. The van der Waals surface area contributed by atoms with E-state index in [1.807, 2.05) is 0 Å². The van der Waals surface area contributed by atoms with E-state index in [4.69, 9.17) is 4.74 Å². The van der Waals surface area contributed by atoms with Crippen LogP contribution in [0.15, 0.2) is 82.6 Å². The van der Waals surface area contributed by atoms with Gasteiger partial charge < -0.3 is 4.74 Å². The normalized spacial score (nSPS) is 10.6. The lowest BCUT2D eigenvalue weighted by Crippen LogP contribution is -2.14. The fourth-order valence-corrected chi connectivity index (χ4v) is 4.36. The molecular formula is C23H15N5O8S. The molecule has 0 saturated carbocycles. The highest BCUT2D eigenvalue weighted by Gasteiger charge is 2.29. The van der Waals surface area contributed by atoms with Gasteiger partial charge in [0, 0.05) is 12.1 Å². The number of rotatable bonds is 8. The number of esters is 1. The van der Waals surface area contributed by atoms with Crippen molar-refractivity contribution in [1.29, 1.82) is 0 Å². The number of non-ortho nitro benzene ring substituents is 1.